The molecule has 2 aliphatic rings. The fraction of sp³-hybridized carbons (Fsp3) is 0.667. The van der Waals surface area contributed by atoms with E-state index in [-0.39, 0.29) is 23.5 Å². The first-order chi connectivity index (χ1) is 15.1. The molecule has 2 fully saturated rings. The lowest BCUT2D eigenvalue weighted by molar-refractivity contribution is -0.122. The summed E-state index contributed by atoms with van der Waals surface area (Å²) in [6, 6.07) is 3.32. The molecule has 10 heteroatoms. The zero-order chi connectivity index (χ0) is 22.2. The van der Waals surface area contributed by atoms with Gasteiger partial charge in [0.05, 0.1) is 13.2 Å². The van der Waals surface area contributed by atoms with E-state index in [1.54, 1.807) is 20.3 Å². The number of ether oxygens (including phenoxy) is 2. The number of nitrogens with one attached hydrogen (secondary N) is 2. The molecule has 0 radical (unpaired) electrons. The second-order valence-corrected chi connectivity index (χ2v) is 7.85. The van der Waals surface area contributed by atoms with Crippen molar-refractivity contribution in [2.24, 2.45) is 5.92 Å². The van der Waals surface area contributed by atoms with E-state index in [0.29, 0.717) is 38.0 Å². The lowest BCUT2D eigenvalue weighted by atomic mass is 9.84. The van der Waals surface area contributed by atoms with Crippen LogP contribution in [0.3, 0.4) is 0 Å². The van der Waals surface area contributed by atoms with E-state index in [0.717, 1.165) is 32.1 Å². The Kier molecular flexibility index (Phi) is 8.14. The van der Waals surface area contributed by atoms with E-state index in [4.69, 9.17) is 9.47 Å². The smallest absolute Gasteiger partial charge is 0.289 e. The van der Waals surface area contributed by atoms with Crippen molar-refractivity contribution in [2.75, 3.05) is 45.4 Å². The Morgan fingerprint density at radius 2 is 1.87 bits per heavy atom. The molecule has 31 heavy (non-hydrogen) atoms. The molecule has 168 valence electrons. The molecule has 2 amide bonds. The Morgan fingerprint density at radius 3 is 2.58 bits per heavy atom. The largest absolute Gasteiger partial charge is 0.383 e. The average Bonchev–Trinajstić information content (AvgIpc) is 3.18. The molecule has 3 rings (SSSR count). The first kappa shape index (κ1) is 22.9. The standard InChI is InChI=1S/C21H30N6O4/c1-30-9-7-23-20(28)17-11-14-5-3-4-6-16(14)27(17)18-12-15(13-22)25-19(26-18)21(29)24-8-10-31-2/h12,14,16-17H,3-11H2,1-2H3,(H,23,28)(H,24,29). The van der Waals surface area contributed by atoms with Crippen LogP contribution in [0.25, 0.3) is 0 Å². The van der Waals surface area contributed by atoms with Gasteiger partial charge in [-0.2, -0.15) is 5.26 Å². The van der Waals surface area contributed by atoms with Crippen LogP contribution in [-0.4, -0.2) is 74.4 Å². The quantitative estimate of drug-likeness (QED) is 0.546. The zero-order valence-corrected chi connectivity index (χ0v) is 18.1. The summed E-state index contributed by atoms with van der Waals surface area (Å²) in [4.78, 5) is 36.0. The van der Waals surface area contributed by atoms with Crippen molar-refractivity contribution in [1.29, 1.82) is 5.26 Å². The number of hydrogen-bond donors (Lipinski definition) is 2. The van der Waals surface area contributed by atoms with E-state index in [2.05, 4.69) is 20.6 Å². The Morgan fingerprint density at radius 1 is 1.16 bits per heavy atom. The van der Waals surface area contributed by atoms with Crippen LogP contribution in [0.4, 0.5) is 5.82 Å². The second-order valence-electron chi connectivity index (χ2n) is 7.85. The number of hydrogen-bond acceptors (Lipinski definition) is 8. The van der Waals surface area contributed by atoms with Crippen molar-refractivity contribution in [3.8, 4) is 6.07 Å². The molecule has 1 saturated carbocycles. The van der Waals surface area contributed by atoms with Gasteiger partial charge in [0.15, 0.2) is 0 Å². The molecule has 0 aromatic carbocycles. The van der Waals surface area contributed by atoms with Crippen LogP contribution in [0.5, 0.6) is 0 Å². The highest BCUT2D eigenvalue weighted by Gasteiger charge is 2.46. The van der Waals surface area contributed by atoms with Crippen molar-refractivity contribution in [3.63, 3.8) is 0 Å². The number of nitriles is 1. The molecule has 0 spiro atoms. The molecule has 1 aromatic rings. The monoisotopic (exact) mass is 430 g/mol. The highest BCUT2D eigenvalue weighted by Crippen LogP contribution is 2.41. The van der Waals surface area contributed by atoms with Gasteiger partial charge in [0, 0.05) is 39.4 Å². The van der Waals surface area contributed by atoms with Gasteiger partial charge < -0.3 is 25.0 Å². The van der Waals surface area contributed by atoms with Crippen molar-refractivity contribution >= 4 is 17.6 Å². The average molecular weight is 431 g/mol. The Balaban J connectivity index is 1.90. The maximum absolute atomic E-state index is 13.0. The number of methoxy groups -OCH3 is 2. The SMILES string of the molecule is COCCNC(=O)c1nc(C#N)cc(N2C(C(=O)NCCOC)CC3CCCCC32)n1. The molecular formula is C21H30N6O4. The number of amides is 2. The van der Waals surface area contributed by atoms with Crippen molar-refractivity contribution in [3.05, 3.63) is 17.6 Å². The van der Waals surface area contributed by atoms with Gasteiger partial charge in [-0.1, -0.05) is 12.8 Å². The van der Waals surface area contributed by atoms with E-state index in [9.17, 15) is 14.9 Å². The third-order valence-corrected chi connectivity index (χ3v) is 5.88. The van der Waals surface area contributed by atoms with Gasteiger partial charge >= 0.3 is 0 Å². The van der Waals surface area contributed by atoms with Gasteiger partial charge in [0.1, 0.15) is 23.6 Å². The molecule has 3 unspecified atom stereocenters. The highest BCUT2D eigenvalue weighted by atomic mass is 16.5. The van der Waals surface area contributed by atoms with Crippen LogP contribution in [0.1, 0.15) is 48.4 Å². The maximum Gasteiger partial charge on any atom is 0.289 e. The number of carbonyl (C=O) groups excluding carboxylic acids is 2. The van der Waals surface area contributed by atoms with Gasteiger partial charge in [-0.3, -0.25) is 9.59 Å². The topological polar surface area (TPSA) is 129 Å². The van der Waals surface area contributed by atoms with E-state index < -0.39 is 11.9 Å². The minimum absolute atomic E-state index is 0.0806. The molecule has 1 saturated heterocycles. The summed E-state index contributed by atoms with van der Waals surface area (Å²) >= 11 is 0. The molecular weight excluding hydrogens is 400 g/mol. The minimum atomic E-state index is -0.476. The third kappa shape index (κ3) is 5.48. The normalized spacial score (nSPS) is 22.5. The summed E-state index contributed by atoms with van der Waals surface area (Å²) in [5.41, 5.74) is 0.0969. The third-order valence-electron chi connectivity index (χ3n) is 5.88. The first-order valence-electron chi connectivity index (χ1n) is 10.7. The van der Waals surface area contributed by atoms with Crippen LogP contribution in [-0.2, 0) is 14.3 Å². The Labute approximate surface area is 182 Å². The summed E-state index contributed by atoms with van der Waals surface area (Å²) < 4.78 is 9.98. The fourth-order valence-electron chi connectivity index (χ4n) is 4.49. The highest BCUT2D eigenvalue weighted by molar-refractivity contribution is 5.91. The van der Waals surface area contributed by atoms with Crippen LogP contribution in [0.2, 0.25) is 0 Å². The lowest BCUT2D eigenvalue weighted by Gasteiger charge is -2.34. The predicted octanol–water partition coefficient (Wildman–Crippen LogP) is 0.625. The lowest BCUT2D eigenvalue weighted by Crippen LogP contribution is -2.48. The number of fused-ring (bicyclic) bond motifs is 1. The van der Waals surface area contributed by atoms with Gasteiger partial charge in [0.25, 0.3) is 5.91 Å². The number of carbonyl (C=O) groups is 2. The first-order valence-corrected chi connectivity index (χ1v) is 10.7. The van der Waals surface area contributed by atoms with E-state index in [1.165, 1.54) is 0 Å². The summed E-state index contributed by atoms with van der Waals surface area (Å²) in [7, 11) is 3.13. The molecule has 2 heterocycles. The minimum Gasteiger partial charge on any atom is -0.383 e. The number of rotatable bonds is 9. The molecule has 2 N–H and O–H groups in total. The fourth-order valence-corrected chi connectivity index (χ4v) is 4.49. The van der Waals surface area contributed by atoms with E-state index in [1.807, 2.05) is 11.0 Å². The Bertz CT molecular complexity index is 827. The zero-order valence-electron chi connectivity index (χ0n) is 18.1. The van der Waals surface area contributed by atoms with E-state index >= 15 is 0 Å². The predicted molar refractivity (Wildman–Crippen MR) is 112 cm³/mol. The van der Waals surface area contributed by atoms with Gasteiger partial charge in [-0.25, -0.2) is 9.97 Å². The summed E-state index contributed by atoms with van der Waals surface area (Å²) in [6.45, 7) is 1.53. The van der Waals surface area contributed by atoms with Gasteiger partial charge in [-0.15, -0.1) is 0 Å². The second kappa shape index (κ2) is 11.0. The summed E-state index contributed by atoms with van der Waals surface area (Å²) in [6.07, 6.45) is 4.96. The molecule has 1 aliphatic heterocycles. The maximum atomic E-state index is 13.0. The van der Waals surface area contributed by atoms with Crippen LogP contribution in [0.15, 0.2) is 6.07 Å². The molecule has 1 aliphatic carbocycles. The summed E-state index contributed by atoms with van der Waals surface area (Å²) in [5, 5.41) is 15.1. The van der Waals surface area contributed by atoms with Crippen LogP contribution < -0.4 is 15.5 Å². The van der Waals surface area contributed by atoms with Crippen LogP contribution in [0, 0.1) is 17.2 Å². The van der Waals surface area contributed by atoms with Crippen molar-refractivity contribution in [2.45, 2.75) is 44.2 Å². The molecule has 3 atom stereocenters. The number of anilines is 1. The molecule has 1 aromatic heterocycles. The van der Waals surface area contributed by atoms with Crippen molar-refractivity contribution in [1.82, 2.24) is 20.6 Å². The summed E-state index contributed by atoms with van der Waals surface area (Å²) in [5.74, 6) is 0.185. The van der Waals surface area contributed by atoms with Crippen molar-refractivity contribution < 1.29 is 19.1 Å². The van der Waals surface area contributed by atoms with Gasteiger partial charge in [0.2, 0.25) is 11.7 Å². The van der Waals surface area contributed by atoms with Crippen LogP contribution >= 0.6 is 0 Å². The molecule has 10 nitrogen and oxygen atoms in total. The molecule has 0 bridgehead atoms. The number of aromatic nitrogens is 2. The Hall–Kier alpha value is -2.77. The van der Waals surface area contributed by atoms with Gasteiger partial charge in [-0.05, 0) is 25.2 Å². The number of nitrogens with zero attached hydrogens (tertiary/aromatic N) is 4.